The summed E-state index contributed by atoms with van der Waals surface area (Å²) in [6.45, 7) is 4.38. The smallest absolute Gasteiger partial charge is 0.0352 e. The zero-order valence-corrected chi connectivity index (χ0v) is 10.5. The number of hydrogen-bond acceptors (Lipinski definition) is 0. The molecule has 0 heterocycles. The Kier molecular flexibility index (Phi) is 3.78. The van der Waals surface area contributed by atoms with Crippen molar-refractivity contribution in [3.8, 4) is 0 Å². The van der Waals surface area contributed by atoms with E-state index in [-0.39, 0.29) is 0 Å². The molecule has 0 aliphatic rings. The van der Waals surface area contributed by atoms with E-state index in [2.05, 4.69) is 57.8 Å². The molecule has 0 N–H and O–H groups in total. The van der Waals surface area contributed by atoms with Gasteiger partial charge in [-0.05, 0) is 61.9 Å². The average molecular weight is 292 g/mol. The van der Waals surface area contributed by atoms with Crippen LogP contribution in [-0.2, 0) is 12.8 Å². The van der Waals surface area contributed by atoms with E-state index in [1.54, 1.807) is 0 Å². The Hall–Kier alpha value is 0.180. The molecule has 0 aromatic heterocycles. The molecule has 0 aliphatic carbocycles. The molecular formula is C10H12Br2. The van der Waals surface area contributed by atoms with Gasteiger partial charge in [-0.15, -0.1) is 0 Å². The monoisotopic (exact) mass is 290 g/mol. The first kappa shape index (κ1) is 10.3. The summed E-state index contributed by atoms with van der Waals surface area (Å²) < 4.78 is 2.36. The molecule has 12 heavy (non-hydrogen) atoms. The number of aryl methyl sites for hydroxylation is 1. The van der Waals surface area contributed by atoms with Crippen molar-refractivity contribution in [3.63, 3.8) is 0 Å². The summed E-state index contributed by atoms with van der Waals surface area (Å²) in [4.78, 5) is 0. The summed E-state index contributed by atoms with van der Waals surface area (Å²) in [6, 6.07) is 4.29. The summed E-state index contributed by atoms with van der Waals surface area (Å²) in [5.41, 5.74) is 2.86. The van der Waals surface area contributed by atoms with Crippen LogP contribution < -0.4 is 0 Å². The van der Waals surface area contributed by atoms with Crippen LogP contribution in [0.25, 0.3) is 0 Å². The normalized spacial score (nSPS) is 10.3. The molecule has 0 amide bonds. The van der Waals surface area contributed by atoms with E-state index in [0.717, 1.165) is 17.3 Å². The van der Waals surface area contributed by atoms with Crippen LogP contribution in [0.15, 0.2) is 21.1 Å². The Morgan fingerprint density at radius 3 is 2.25 bits per heavy atom. The van der Waals surface area contributed by atoms with Gasteiger partial charge in [0.15, 0.2) is 0 Å². The molecule has 0 saturated heterocycles. The van der Waals surface area contributed by atoms with E-state index >= 15 is 0 Å². The number of benzene rings is 1. The van der Waals surface area contributed by atoms with Crippen LogP contribution in [0.5, 0.6) is 0 Å². The standard InChI is InChI=1S/C10H12Br2/c1-3-7-5-6-9(11)10(12)8(7)4-2/h5-6H,3-4H2,1-2H3. The third-order valence-corrected chi connectivity index (χ3v) is 4.13. The van der Waals surface area contributed by atoms with E-state index in [1.165, 1.54) is 15.6 Å². The van der Waals surface area contributed by atoms with Crippen LogP contribution in [-0.4, -0.2) is 0 Å². The molecule has 1 aromatic carbocycles. The van der Waals surface area contributed by atoms with E-state index in [1.807, 2.05) is 0 Å². The lowest BCUT2D eigenvalue weighted by molar-refractivity contribution is 1.02. The zero-order chi connectivity index (χ0) is 9.14. The molecule has 0 bridgehead atoms. The van der Waals surface area contributed by atoms with Gasteiger partial charge in [0.2, 0.25) is 0 Å². The molecule has 0 atom stereocenters. The van der Waals surface area contributed by atoms with Crippen molar-refractivity contribution < 1.29 is 0 Å². The van der Waals surface area contributed by atoms with Gasteiger partial charge in [-0.2, -0.15) is 0 Å². The first-order valence-electron chi connectivity index (χ1n) is 4.16. The van der Waals surface area contributed by atoms with Crippen LogP contribution in [0.1, 0.15) is 25.0 Å². The average Bonchev–Trinajstić information content (AvgIpc) is 2.09. The minimum atomic E-state index is 1.09. The van der Waals surface area contributed by atoms with Gasteiger partial charge >= 0.3 is 0 Å². The van der Waals surface area contributed by atoms with Crippen LogP contribution in [0.3, 0.4) is 0 Å². The lowest BCUT2D eigenvalue weighted by atomic mass is 10.0. The minimum absolute atomic E-state index is 1.09. The summed E-state index contributed by atoms with van der Waals surface area (Å²) >= 11 is 7.09. The Balaban J connectivity index is 3.25. The molecule has 1 rings (SSSR count). The van der Waals surface area contributed by atoms with Gasteiger partial charge in [0.1, 0.15) is 0 Å². The topological polar surface area (TPSA) is 0 Å². The molecule has 0 saturated carbocycles. The maximum absolute atomic E-state index is 3.59. The molecular weight excluding hydrogens is 280 g/mol. The summed E-state index contributed by atoms with van der Waals surface area (Å²) in [5, 5.41) is 0. The van der Waals surface area contributed by atoms with Gasteiger partial charge in [-0.25, -0.2) is 0 Å². The van der Waals surface area contributed by atoms with Crippen molar-refractivity contribution >= 4 is 31.9 Å². The first-order chi connectivity index (χ1) is 5.70. The molecule has 0 unspecified atom stereocenters. The number of rotatable bonds is 2. The maximum atomic E-state index is 3.59. The van der Waals surface area contributed by atoms with Crippen molar-refractivity contribution in [1.82, 2.24) is 0 Å². The van der Waals surface area contributed by atoms with Gasteiger partial charge in [0.05, 0.1) is 0 Å². The van der Waals surface area contributed by atoms with Crippen molar-refractivity contribution in [2.45, 2.75) is 26.7 Å². The third-order valence-electron chi connectivity index (χ3n) is 2.03. The molecule has 0 spiro atoms. The summed E-state index contributed by atoms with van der Waals surface area (Å²) in [5.74, 6) is 0. The molecule has 1 aromatic rings. The van der Waals surface area contributed by atoms with E-state index in [0.29, 0.717) is 0 Å². The third kappa shape index (κ3) is 1.91. The highest BCUT2D eigenvalue weighted by Gasteiger charge is 2.06. The Morgan fingerprint density at radius 2 is 1.75 bits per heavy atom. The van der Waals surface area contributed by atoms with Gasteiger partial charge in [0.25, 0.3) is 0 Å². The Bertz CT molecular complexity index is 279. The fourth-order valence-electron chi connectivity index (χ4n) is 1.35. The Labute approximate surface area is 90.6 Å². The van der Waals surface area contributed by atoms with E-state index in [4.69, 9.17) is 0 Å². The van der Waals surface area contributed by atoms with Crippen LogP contribution in [0.4, 0.5) is 0 Å². The van der Waals surface area contributed by atoms with Gasteiger partial charge in [-0.1, -0.05) is 19.9 Å². The highest BCUT2D eigenvalue weighted by molar-refractivity contribution is 9.13. The summed E-state index contributed by atoms with van der Waals surface area (Å²) in [7, 11) is 0. The molecule has 2 heteroatoms. The van der Waals surface area contributed by atoms with E-state index in [9.17, 15) is 0 Å². The largest absolute Gasteiger partial charge is 0.0613 e. The number of hydrogen-bond donors (Lipinski definition) is 0. The quantitative estimate of drug-likeness (QED) is 0.760. The van der Waals surface area contributed by atoms with Crippen molar-refractivity contribution in [1.29, 1.82) is 0 Å². The predicted molar refractivity (Wildman–Crippen MR) is 60.6 cm³/mol. The lowest BCUT2D eigenvalue weighted by Gasteiger charge is -2.09. The maximum Gasteiger partial charge on any atom is 0.0352 e. The highest BCUT2D eigenvalue weighted by Crippen LogP contribution is 2.29. The second kappa shape index (κ2) is 4.43. The number of halogens is 2. The molecule has 0 fully saturated rings. The minimum Gasteiger partial charge on any atom is -0.0613 e. The Morgan fingerprint density at radius 1 is 1.08 bits per heavy atom. The summed E-state index contributed by atoms with van der Waals surface area (Å²) in [6.07, 6.45) is 2.19. The fourth-order valence-corrected chi connectivity index (χ4v) is 2.38. The highest BCUT2D eigenvalue weighted by atomic mass is 79.9. The lowest BCUT2D eigenvalue weighted by Crippen LogP contribution is -1.92. The van der Waals surface area contributed by atoms with Crippen LogP contribution in [0.2, 0.25) is 0 Å². The van der Waals surface area contributed by atoms with Gasteiger partial charge < -0.3 is 0 Å². The van der Waals surface area contributed by atoms with Gasteiger partial charge in [-0.3, -0.25) is 0 Å². The van der Waals surface area contributed by atoms with Crippen LogP contribution >= 0.6 is 31.9 Å². The molecule has 0 radical (unpaired) electrons. The molecule has 0 nitrogen and oxygen atoms in total. The van der Waals surface area contributed by atoms with Crippen molar-refractivity contribution in [2.75, 3.05) is 0 Å². The molecule has 66 valence electrons. The second-order valence-corrected chi connectivity index (χ2v) is 4.35. The van der Waals surface area contributed by atoms with Crippen LogP contribution in [0, 0.1) is 0 Å². The van der Waals surface area contributed by atoms with Crippen molar-refractivity contribution in [2.24, 2.45) is 0 Å². The SMILES string of the molecule is CCc1ccc(Br)c(Br)c1CC. The van der Waals surface area contributed by atoms with Crippen molar-refractivity contribution in [3.05, 3.63) is 32.2 Å². The van der Waals surface area contributed by atoms with E-state index < -0.39 is 0 Å². The zero-order valence-electron chi connectivity index (χ0n) is 7.32. The predicted octanol–water partition coefficient (Wildman–Crippen LogP) is 4.34. The fraction of sp³-hybridized carbons (Fsp3) is 0.400. The molecule has 0 aliphatic heterocycles. The first-order valence-corrected chi connectivity index (χ1v) is 5.75. The van der Waals surface area contributed by atoms with Gasteiger partial charge in [0, 0.05) is 8.95 Å². The second-order valence-electron chi connectivity index (χ2n) is 2.71.